The monoisotopic (exact) mass is 466 g/mol. The second kappa shape index (κ2) is 16.1. The fourth-order valence-electron chi connectivity index (χ4n) is 4.32. The summed E-state index contributed by atoms with van der Waals surface area (Å²) in [4.78, 5) is 0. The molecule has 0 spiro atoms. The molecule has 0 nitrogen and oxygen atoms in total. The highest BCUT2D eigenvalue weighted by atomic mass is 35.5. The Morgan fingerprint density at radius 1 is 0.500 bits per heavy atom. The highest BCUT2D eigenvalue weighted by Crippen LogP contribution is 2.34. The minimum Gasteiger partial charge on any atom is -0.147 e. The smallest absolute Gasteiger partial charge is 0.0119 e. The van der Waals surface area contributed by atoms with Gasteiger partial charge in [0, 0.05) is 0 Å². The van der Waals surface area contributed by atoms with Crippen molar-refractivity contribution in [2.75, 3.05) is 0 Å². The van der Waals surface area contributed by atoms with E-state index in [0.717, 1.165) is 0 Å². The van der Waals surface area contributed by atoms with E-state index in [9.17, 15) is 0 Å². The van der Waals surface area contributed by atoms with Crippen molar-refractivity contribution in [3.63, 3.8) is 0 Å². The van der Waals surface area contributed by atoms with E-state index in [2.05, 4.69) is 91.9 Å². The van der Waals surface area contributed by atoms with E-state index in [1.807, 2.05) is 0 Å². The summed E-state index contributed by atoms with van der Waals surface area (Å²) < 4.78 is 0. The highest BCUT2D eigenvalue weighted by molar-refractivity contribution is 7.79. The molecule has 0 saturated heterocycles. The Hall–Kier alpha value is -1.62. The third-order valence-corrected chi connectivity index (χ3v) is 8.61. The van der Waals surface area contributed by atoms with Crippen molar-refractivity contribution in [2.24, 2.45) is 0 Å². The summed E-state index contributed by atoms with van der Waals surface area (Å²) >= 11 is 0. The summed E-state index contributed by atoms with van der Waals surface area (Å²) in [6.07, 6.45) is 15.1. The molecule has 0 radical (unpaired) electrons. The van der Waals surface area contributed by atoms with Gasteiger partial charge in [0.05, 0.1) is 0 Å². The molecule has 32 heavy (non-hydrogen) atoms. The first-order valence-electron chi connectivity index (χ1n) is 12.4. The Balaban J connectivity index is 0.00000363. The van der Waals surface area contributed by atoms with Crippen molar-refractivity contribution >= 4 is 36.2 Å². The summed E-state index contributed by atoms with van der Waals surface area (Å²) in [5.41, 5.74) is 1.54. The first-order chi connectivity index (χ1) is 15.4. The van der Waals surface area contributed by atoms with Crippen LogP contribution in [0.25, 0.3) is 0 Å². The molecule has 3 aromatic carbocycles. The topological polar surface area (TPSA) is 0 Å². The van der Waals surface area contributed by atoms with Crippen LogP contribution in [0.5, 0.6) is 0 Å². The molecule has 0 aliphatic carbocycles. The van der Waals surface area contributed by atoms with Crippen LogP contribution in [0.2, 0.25) is 0 Å². The van der Waals surface area contributed by atoms with Gasteiger partial charge in [-0.2, -0.15) is 0 Å². The SMILES string of the molecule is CCCCCCCCCCCCc1ccccc1P(c1ccccc1)c1ccccc1.Cl. The Morgan fingerprint density at radius 2 is 0.938 bits per heavy atom. The largest absolute Gasteiger partial charge is 0.147 e. The molecule has 0 heterocycles. The van der Waals surface area contributed by atoms with Crippen LogP contribution in [0.3, 0.4) is 0 Å². The number of benzene rings is 3. The summed E-state index contributed by atoms with van der Waals surface area (Å²) in [7, 11) is -0.505. The fourth-order valence-corrected chi connectivity index (χ4v) is 6.83. The zero-order valence-corrected chi connectivity index (χ0v) is 21.4. The zero-order chi connectivity index (χ0) is 21.6. The normalized spacial score (nSPS) is 10.8. The Labute approximate surface area is 204 Å². The number of unbranched alkanes of at least 4 members (excludes halogenated alkanes) is 9. The van der Waals surface area contributed by atoms with E-state index >= 15 is 0 Å². The minimum atomic E-state index is -0.505. The van der Waals surface area contributed by atoms with E-state index in [0.29, 0.717) is 0 Å². The van der Waals surface area contributed by atoms with E-state index in [1.54, 1.807) is 5.56 Å². The molecule has 2 heteroatoms. The second-order valence-corrected chi connectivity index (χ2v) is 10.8. The summed E-state index contributed by atoms with van der Waals surface area (Å²) in [6, 6.07) is 31.3. The van der Waals surface area contributed by atoms with Gasteiger partial charge < -0.3 is 0 Å². The molecule has 0 aliphatic heterocycles. The Kier molecular flexibility index (Phi) is 13.4. The number of rotatable bonds is 14. The maximum atomic E-state index is 2.37. The van der Waals surface area contributed by atoms with Gasteiger partial charge in [-0.3, -0.25) is 0 Å². The molecule has 0 unspecified atom stereocenters. The van der Waals surface area contributed by atoms with Crippen LogP contribution in [0.4, 0.5) is 0 Å². The Morgan fingerprint density at radius 3 is 1.47 bits per heavy atom. The predicted octanol–water partition coefficient (Wildman–Crippen LogP) is 8.33. The van der Waals surface area contributed by atoms with Crippen LogP contribution in [0.1, 0.15) is 76.7 Å². The van der Waals surface area contributed by atoms with Crippen LogP contribution < -0.4 is 15.9 Å². The molecule has 0 aromatic heterocycles. The van der Waals surface area contributed by atoms with Crippen LogP contribution in [-0.4, -0.2) is 0 Å². The van der Waals surface area contributed by atoms with Crippen LogP contribution >= 0.6 is 20.3 Å². The van der Waals surface area contributed by atoms with E-state index in [1.165, 1.54) is 86.5 Å². The third-order valence-electron chi connectivity index (χ3n) is 6.06. The number of hydrogen-bond acceptors (Lipinski definition) is 0. The molecule has 0 fully saturated rings. The van der Waals surface area contributed by atoms with Crippen LogP contribution in [-0.2, 0) is 6.42 Å². The lowest BCUT2D eigenvalue weighted by atomic mass is 10.0. The fraction of sp³-hybridized carbons (Fsp3) is 0.400. The summed E-state index contributed by atoms with van der Waals surface area (Å²) in [5, 5.41) is 4.42. The van der Waals surface area contributed by atoms with Crippen molar-refractivity contribution in [1.82, 2.24) is 0 Å². The summed E-state index contributed by atoms with van der Waals surface area (Å²) in [6.45, 7) is 2.29. The molecule has 0 N–H and O–H groups in total. The molecular weight excluding hydrogens is 427 g/mol. The molecule has 172 valence electrons. The first-order valence-corrected chi connectivity index (χ1v) is 13.7. The second-order valence-electron chi connectivity index (χ2n) is 8.57. The van der Waals surface area contributed by atoms with Crippen molar-refractivity contribution in [1.29, 1.82) is 0 Å². The minimum absolute atomic E-state index is 0. The van der Waals surface area contributed by atoms with Gasteiger partial charge in [0.2, 0.25) is 0 Å². The Bertz CT molecular complexity index is 807. The average molecular weight is 467 g/mol. The molecular formula is C30H40ClP. The van der Waals surface area contributed by atoms with Crippen LogP contribution in [0.15, 0.2) is 84.9 Å². The van der Waals surface area contributed by atoms with E-state index in [-0.39, 0.29) is 12.4 Å². The number of aryl methyl sites for hydroxylation is 1. The number of hydrogen-bond donors (Lipinski definition) is 0. The van der Waals surface area contributed by atoms with Gasteiger partial charge in [-0.25, -0.2) is 0 Å². The lowest BCUT2D eigenvalue weighted by Crippen LogP contribution is -2.23. The maximum Gasteiger partial charge on any atom is -0.0119 e. The molecule has 0 bridgehead atoms. The van der Waals surface area contributed by atoms with Gasteiger partial charge in [0.1, 0.15) is 0 Å². The summed E-state index contributed by atoms with van der Waals surface area (Å²) in [5.74, 6) is 0. The van der Waals surface area contributed by atoms with Gasteiger partial charge in [0.25, 0.3) is 0 Å². The van der Waals surface area contributed by atoms with Gasteiger partial charge in [0.15, 0.2) is 0 Å². The predicted molar refractivity (Wildman–Crippen MR) is 148 cm³/mol. The van der Waals surface area contributed by atoms with E-state index in [4.69, 9.17) is 0 Å². The lowest BCUT2D eigenvalue weighted by molar-refractivity contribution is 0.556. The molecule has 0 atom stereocenters. The van der Waals surface area contributed by atoms with Crippen molar-refractivity contribution in [3.8, 4) is 0 Å². The molecule has 3 aromatic rings. The van der Waals surface area contributed by atoms with E-state index < -0.39 is 7.92 Å². The molecule has 0 saturated carbocycles. The van der Waals surface area contributed by atoms with Gasteiger partial charge in [-0.15, -0.1) is 12.4 Å². The molecule has 0 amide bonds. The first kappa shape index (κ1) is 26.6. The zero-order valence-electron chi connectivity index (χ0n) is 19.7. The van der Waals surface area contributed by atoms with Gasteiger partial charge >= 0.3 is 0 Å². The maximum absolute atomic E-state index is 2.37. The molecule has 0 aliphatic rings. The third kappa shape index (κ3) is 8.73. The van der Waals surface area contributed by atoms with Crippen molar-refractivity contribution in [3.05, 3.63) is 90.5 Å². The quantitative estimate of drug-likeness (QED) is 0.165. The number of halogens is 1. The highest BCUT2D eigenvalue weighted by Gasteiger charge is 2.18. The van der Waals surface area contributed by atoms with Crippen molar-refractivity contribution in [2.45, 2.75) is 77.6 Å². The van der Waals surface area contributed by atoms with Gasteiger partial charge in [-0.1, -0.05) is 150 Å². The van der Waals surface area contributed by atoms with Gasteiger partial charge in [-0.05, 0) is 42.2 Å². The van der Waals surface area contributed by atoms with Crippen molar-refractivity contribution < 1.29 is 0 Å². The van der Waals surface area contributed by atoms with Crippen LogP contribution in [0, 0.1) is 0 Å². The lowest BCUT2D eigenvalue weighted by Gasteiger charge is -2.22. The standard InChI is InChI=1S/C30H39P.ClH/c1-2-3-4-5-6-7-8-9-10-13-20-27-21-18-19-26-30(27)31(28-22-14-11-15-23-28)29-24-16-12-17-25-29;/h11-12,14-19,21-26H,2-10,13,20H2,1H3;1H. The average Bonchev–Trinajstić information content (AvgIpc) is 2.83. The molecule has 3 rings (SSSR count).